The summed E-state index contributed by atoms with van der Waals surface area (Å²) >= 11 is 1.75. The zero-order valence-corrected chi connectivity index (χ0v) is 10.8. The number of tetrazole rings is 1. The van der Waals surface area contributed by atoms with Crippen LogP contribution in [0, 0.1) is 0 Å². The van der Waals surface area contributed by atoms with Crippen molar-refractivity contribution in [1.82, 2.24) is 20.2 Å². The second kappa shape index (κ2) is 5.49. The maximum atomic E-state index is 4.05. The van der Waals surface area contributed by atoms with E-state index in [0.29, 0.717) is 0 Å². The number of rotatable bonds is 5. The standard InChI is InChI=1S/C10H20N4S/c1-5-6-7-8-15-9-11-12-13-14(9)10(2,3)4/h5-8H2,1-4H3. The molecule has 15 heavy (non-hydrogen) atoms. The summed E-state index contributed by atoms with van der Waals surface area (Å²) in [6, 6.07) is 0. The molecular formula is C10H20N4S. The number of aromatic nitrogens is 4. The first-order valence-electron chi connectivity index (χ1n) is 5.47. The lowest BCUT2D eigenvalue weighted by atomic mass is 10.1. The lowest BCUT2D eigenvalue weighted by Gasteiger charge is -2.19. The SMILES string of the molecule is CCCCCSc1nnnn1C(C)(C)C. The molecule has 0 fully saturated rings. The maximum absolute atomic E-state index is 4.05. The van der Waals surface area contributed by atoms with Crippen LogP contribution in [0.1, 0.15) is 47.0 Å². The molecule has 0 saturated heterocycles. The summed E-state index contributed by atoms with van der Waals surface area (Å²) in [4.78, 5) is 0. The van der Waals surface area contributed by atoms with Gasteiger partial charge in [0.1, 0.15) is 0 Å². The van der Waals surface area contributed by atoms with Crippen LogP contribution in [0.4, 0.5) is 0 Å². The summed E-state index contributed by atoms with van der Waals surface area (Å²) in [5.74, 6) is 1.10. The molecule has 0 bridgehead atoms. The van der Waals surface area contributed by atoms with Crippen molar-refractivity contribution in [3.8, 4) is 0 Å². The monoisotopic (exact) mass is 228 g/mol. The van der Waals surface area contributed by atoms with Crippen molar-refractivity contribution in [1.29, 1.82) is 0 Å². The van der Waals surface area contributed by atoms with Crippen LogP contribution in [-0.2, 0) is 5.54 Å². The topological polar surface area (TPSA) is 43.6 Å². The van der Waals surface area contributed by atoms with Gasteiger partial charge >= 0.3 is 0 Å². The van der Waals surface area contributed by atoms with Gasteiger partial charge in [0, 0.05) is 5.75 Å². The zero-order chi connectivity index (χ0) is 11.3. The van der Waals surface area contributed by atoms with Gasteiger partial charge in [-0.1, -0.05) is 31.5 Å². The average molecular weight is 228 g/mol. The minimum absolute atomic E-state index is 0.0312. The van der Waals surface area contributed by atoms with Crippen LogP contribution in [0.2, 0.25) is 0 Å². The summed E-state index contributed by atoms with van der Waals surface area (Å²) in [5, 5.41) is 12.7. The Balaban J connectivity index is 2.51. The molecule has 86 valence electrons. The fourth-order valence-electron chi connectivity index (χ4n) is 1.21. The Hall–Kier alpha value is -0.580. The Kier molecular flexibility index (Phi) is 4.57. The molecule has 0 spiro atoms. The van der Waals surface area contributed by atoms with Gasteiger partial charge in [-0.05, 0) is 37.6 Å². The smallest absolute Gasteiger partial charge is 0.209 e. The summed E-state index contributed by atoms with van der Waals surface area (Å²) in [7, 11) is 0. The van der Waals surface area contributed by atoms with Gasteiger partial charge < -0.3 is 0 Å². The third-order valence-electron chi connectivity index (χ3n) is 2.06. The molecule has 0 atom stereocenters. The maximum Gasteiger partial charge on any atom is 0.209 e. The van der Waals surface area contributed by atoms with Crippen LogP contribution >= 0.6 is 11.8 Å². The molecule has 0 radical (unpaired) electrons. The van der Waals surface area contributed by atoms with E-state index >= 15 is 0 Å². The van der Waals surface area contributed by atoms with E-state index < -0.39 is 0 Å². The molecule has 1 rings (SSSR count). The van der Waals surface area contributed by atoms with Crippen molar-refractivity contribution in [3.05, 3.63) is 0 Å². The fourth-order valence-corrected chi connectivity index (χ4v) is 2.26. The van der Waals surface area contributed by atoms with Gasteiger partial charge in [-0.2, -0.15) is 0 Å². The van der Waals surface area contributed by atoms with E-state index in [1.807, 2.05) is 4.68 Å². The predicted octanol–water partition coefficient (Wildman–Crippen LogP) is 2.71. The highest BCUT2D eigenvalue weighted by Crippen LogP contribution is 2.22. The Morgan fingerprint density at radius 3 is 2.60 bits per heavy atom. The van der Waals surface area contributed by atoms with Gasteiger partial charge in [0.15, 0.2) is 0 Å². The number of hydrogen-bond donors (Lipinski definition) is 0. The van der Waals surface area contributed by atoms with E-state index in [1.54, 1.807) is 11.8 Å². The van der Waals surface area contributed by atoms with Gasteiger partial charge in [-0.25, -0.2) is 4.68 Å². The third kappa shape index (κ3) is 3.81. The number of nitrogens with zero attached hydrogens (tertiary/aromatic N) is 4. The number of thioether (sulfide) groups is 1. The lowest BCUT2D eigenvalue weighted by molar-refractivity contribution is 0.321. The van der Waals surface area contributed by atoms with Crippen molar-refractivity contribution in [3.63, 3.8) is 0 Å². The highest BCUT2D eigenvalue weighted by molar-refractivity contribution is 7.99. The molecule has 5 heteroatoms. The first-order chi connectivity index (χ1) is 7.05. The third-order valence-corrected chi connectivity index (χ3v) is 3.06. The number of unbranched alkanes of at least 4 members (excludes halogenated alkanes) is 2. The van der Waals surface area contributed by atoms with Crippen LogP contribution < -0.4 is 0 Å². The molecule has 0 aliphatic rings. The average Bonchev–Trinajstić information content (AvgIpc) is 2.59. The molecule has 0 N–H and O–H groups in total. The quantitative estimate of drug-likeness (QED) is 0.574. The van der Waals surface area contributed by atoms with Crippen molar-refractivity contribution in [2.45, 2.75) is 57.7 Å². The van der Waals surface area contributed by atoms with E-state index in [1.165, 1.54) is 19.3 Å². The van der Waals surface area contributed by atoms with Gasteiger partial charge in [0.25, 0.3) is 0 Å². The van der Waals surface area contributed by atoms with E-state index in [-0.39, 0.29) is 5.54 Å². The molecule has 1 aromatic rings. The Morgan fingerprint density at radius 2 is 2.00 bits per heavy atom. The molecule has 1 heterocycles. The minimum atomic E-state index is -0.0312. The highest BCUT2D eigenvalue weighted by Gasteiger charge is 2.19. The number of hydrogen-bond acceptors (Lipinski definition) is 4. The van der Waals surface area contributed by atoms with Crippen molar-refractivity contribution in [2.24, 2.45) is 0 Å². The van der Waals surface area contributed by atoms with Gasteiger partial charge in [0.2, 0.25) is 5.16 Å². The fraction of sp³-hybridized carbons (Fsp3) is 0.900. The van der Waals surface area contributed by atoms with Crippen LogP contribution in [0.25, 0.3) is 0 Å². The van der Waals surface area contributed by atoms with Gasteiger partial charge in [0.05, 0.1) is 5.54 Å². The largest absolute Gasteiger partial charge is 0.215 e. The normalized spacial score (nSPS) is 12.0. The van der Waals surface area contributed by atoms with Crippen molar-refractivity contribution < 1.29 is 0 Å². The molecule has 0 saturated carbocycles. The first-order valence-corrected chi connectivity index (χ1v) is 6.46. The summed E-state index contributed by atoms with van der Waals surface area (Å²) in [6.45, 7) is 8.54. The second-order valence-corrected chi connectivity index (χ2v) is 5.66. The summed E-state index contributed by atoms with van der Waals surface area (Å²) < 4.78 is 1.89. The van der Waals surface area contributed by atoms with Crippen molar-refractivity contribution in [2.75, 3.05) is 5.75 Å². The van der Waals surface area contributed by atoms with E-state index in [9.17, 15) is 0 Å². The lowest BCUT2D eigenvalue weighted by Crippen LogP contribution is -2.24. The summed E-state index contributed by atoms with van der Waals surface area (Å²) in [5.41, 5.74) is -0.0312. The van der Waals surface area contributed by atoms with E-state index in [0.717, 1.165) is 10.9 Å². The molecule has 0 amide bonds. The molecule has 0 aromatic carbocycles. The zero-order valence-electron chi connectivity index (χ0n) is 10.0. The molecule has 0 aliphatic carbocycles. The molecular weight excluding hydrogens is 208 g/mol. The van der Waals surface area contributed by atoms with Gasteiger partial charge in [-0.3, -0.25) is 0 Å². The first kappa shape index (κ1) is 12.5. The van der Waals surface area contributed by atoms with Gasteiger partial charge in [-0.15, -0.1) is 5.10 Å². The predicted molar refractivity (Wildman–Crippen MR) is 63.1 cm³/mol. The van der Waals surface area contributed by atoms with Crippen LogP contribution in [-0.4, -0.2) is 26.0 Å². The Bertz CT molecular complexity index is 290. The van der Waals surface area contributed by atoms with Crippen LogP contribution in [0.3, 0.4) is 0 Å². The minimum Gasteiger partial charge on any atom is -0.215 e. The molecule has 4 nitrogen and oxygen atoms in total. The van der Waals surface area contributed by atoms with Crippen LogP contribution in [0.5, 0.6) is 0 Å². The van der Waals surface area contributed by atoms with Crippen molar-refractivity contribution >= 4 is 11.8 Å². The summed E-state index contributed by atoms with van der Waals surface area (Å²) in [6.07, 6.45) is 3.77. The Labute approximate surface area is 95.8 Å². The molecule has 1 aromatic heterocycles. The molecule has 0 unspecified atom stereocenters. The highest BCUT2D eigenvalue weighted by atomic mass is 32.2. The second-order valence-electron chi connectivity index (χ2n) is 4.60. The molecule has 0 aliphatic heterocycles. The van der Waals surface area contributed by atoms with E-state index in [4.69, 9.17) is 0 Å². The Morgan fingerprint density at radius 1 is 1.27 bits per heavy atom. The van der Waals surface area contributed by atoms with Crippen LogP contribution in [0.15, 0.2) is 5.16 Å². The van der Waals surface area contributed by atoms with E-state index in [2.05, 4.69) is 43.2 Å².